The molecule has 0 bridgehead atoms. The molecule has 86 valence electrons. The molecule has 0 radical (unpaired) electrons. The van der Waals surface area contributed by atoms with Crippen LogP contribution in [-0.2, 0) is 6.42 Å². The molecule has 3 aromatic heterocycles. The van der Waals surface area contributed by atoms with Crippen molar-refractivity contribution >= 4 is 17.0 Å². The van der Waals surface area contributed by atoms with E-state index in [-0.39, 0.29) is 0 Å². The second kappa shape index (κ2) is 4.19. The lowest BCUT2D eigenvalue weighted by atomic mass is 10.4. The van der Waals surface area contributed by atoms with Crippen LogP contribution in [0, 0.1) is 0 Å². The summed E-state index contributed by atoms with van der Waals surface area (Å²) in [5.74, 6) is 0.667. The van der Waals surface area contributed by atoms with Crippen molar-refractivity contribution in [1.82, 2.24) is 24.8 Å². The van der Waals surface area contributed by atoms with Gasteiger partial charge in [-0.15, -0.1) is 21.5 Å². The van der Waals surface area contributed by atoms with Gasteiger partial charge < -0.3 is 5.73 Å². The molecule has 17 heavy (non-hydrogen) atoms. The van der Waals surface area contributed by atoms with Gasteiger partial charge in [0.2, 0.25) is 5.82 Å². The molecule has 0 aliphatic carbocycles. The number of nitrogens with two attached hydrogens (primary N) is 1. The Hall–Kier alpha value is -1.86. The molecular formula is C10H10N6S. The number of thiazole rings is 1. The van der Waals surface area contributed by atoms with E-state index in [2.05, 4.69) is 20.3 Å². The number of nitrogens with zero attached hydrogens (tertiary/aromatic N) is 5. The third-order valence-corrected chi connectivity index (χ3v) is 3.23. The van der Waals surface area contributed by atoms with Gasteiger partial charge in [-0.05, 0) is 18.7 Å². The van der Waals surface area contributed by atoms with Crippen LogP contribution in [0.15, 0.2) is 23.7 Å². The highest BCUT2D eigenvalue weighted by Gasteiger charge is 2.11. The smallest absolute Gasteiger partial charge is 0.204 e. The van der Waals surface area contributed by atoms with Crippen LogP contribution in [0.1, 0.15) is 5.01 Å². The van der Waals surface area contributed by atoms with E-state index >= 15 is 0 Å². The SMILES string of the molecule is NCCc1nc(-c2nnc3cccnn23)cs1. The third kappa shape index (κ3) is 1.79. The summed E-state index contributed by atoms with van der Waals surface area (Å²) in [6.07, 6.45) is 2.49. The average molecular weight is 246 g/mol. The first kappa shape index (κ1) is 10.3. The summed E-state index contributed by atoms with van der Waals surface area (Å²) in [5, 5.41) is 15.3. The zero-order valence-electron chi connectivity index (χ0n) is 8.95. The van der Waals surface area contributed by atoms with Crippen molar-refractivity contribution in [2.45, 2.75) is 6.42 Å². The Morgan fingerprint density at radius 2 is 2.29 bits per heavy atom. The van der Waals surface area contributed by atoms with Gasteiger partial charge in [0.1, 0.15) is 5.69 Å². The van der Waals surface area contributed by atoms with Gasteiger partial charge in [0, 0.05) is 18.0 Å². The molecule has 0 aromatic carbocycles. The highest BCUT2D eigenvalue weighted by atomic mass is 32.1. The second-order valence-corrected chi connectivity index (χ2v) is 4.43. The minimum absolute atomic E-state index is 0.603. The van der Waals surface area contributed by atoms with E-state index in [1.54, 1.807) is 22.0 Å². The summed E-state index contributed by atoms with van der Waals surface area (Å²) in [6.45, 7) is 0.603. The van der Waals surface area contributed by atoms with E-state index in [0.717, 1.165) is 22.8 Å². The maximum Gasteiger partial charge on any atom is 0.204 e. The van der Waals surface area contributed by atoms with Gasteiger partial charge in [0.05, 0.1) is 5.01 Å². The van der Waals surface area contributed by atoms with Gasteiger partial charge >= 0.3 is 0 Å². The van der Waals surface area contributed by atoms with Crippen molar-refractivity contribution in [2.24, 2.45) is 5.73 Å². The van der Waals surface area contributed by atoms with E-state index in [0.29, 0.717) is 12.4 Å². The van der Waals surface area contributed by atoms with Crippen LogP contribution in [0.25, 0.3) is 17.2 Å². The van der Waals surface area contributed by atoms with Crippen molar-refractivity contribution in [3.63, 3.8) is 0 Å². The predicted octanol–water partition coefficient (Wildman–Crippen LogP) is 0.749. The molecule has 3 heterocycles. The Morgan fingerprint density at radius 3 is 3.18 bits per heavy atom. The summed E-state index contributed by atoms with van der Waals surface area (Å²) in [7, 11) is 0. The highest BCUT2D eigenvalue weighted by Crippen LogP contribution is 2.20. The minimum Gasteiger partial charge on any atom is -0.330 e. The molecule has 3 aromatic rings. The first-order valence-corrected chi connectivity index (χ1v) is 6.08. The number of hydrogen-bond donors (Lipinski definition) is 1. The number of rotatable bonds is 3. The Balaban J connectivity index is 2.07. The minimum atomic E-state index is 0.603. The molecule has 0 fully saturated rings. The number of fused-ring (bicyclic) bond motifs is 1. The molecule has 0 saturated heterocycles. The van der Waals surface area contributed by atoms with Crippen molar-refractivity contribution in [3.05, 3.63) is 28.7 Å². The van der Waals surface area contributed by atoms with Crippen LogP contribution in [0.2, 0.25) is 0 Å². The molecule has 3 rings (SSSR count). The van der Waals surface area contributed by atoms with Crippen molar-refractivity contribution in [3.8, 4) is 11.5 Å². The standard InChI is InChI=1S/C10H10N6S/c11-4-3-9-13-7(6-17-9)10-15-14-8-2-1-5-12-16(8)10/h1-2,5-6H,3-4,11H2. The number of aromatic nitrogens is 5. The van der Waals surface area contributed by atoms with Gasteiger partial charge in [0.25, 0.3) is 0 Å². The van der Waals surface area contributed by atoms with Gasteiger partial charge in [0.15, 0.2) is 5.65 Å². The van der Waals surface area contributed by atoms with E-state index < -0.39 is 0 Å². The lowest BCUT2D eigenvalue weighted by Crippen LogP contribution is -2.02. The first-order chi connectivity index (χ1) is 8.38. The molecule has 0 unspecified atom stereocenters. The Bertz CT molecular complexity index is 643. The fourth-order valence-corrected chi connectivity index (χ4v) is 2.35. The lowest BCUT2D eigenvalue weighted by Gasteiger charge is -1.93. The first-order valence-electron chi connectivity index (χ1n) is 5.20. The quantitative estimate of drug-likeness (QED) is 0.737. The molecular weight excluding hydrogens is 236 g/mol. The fourth-order valence-electron chi connectivity index (χ4n) is 1.56. The molecule has 0 aliphatic rings. The summed E-state index contributed by atoms with van der Waals surface area (Å²) in [6, 6.07) is 3.69. The number of hydrogen-bond acceptors (Lipinski definition) is 6. The monoisotopic (exact) mass is 246 g/mol. The maximum absolute atomic E-state index is 5.50. The molecule has 0 atom stereocenters. The van der Waals surface area contributed by atoms with Gasteiger partial charge in [-0.25, -0.2) is 4.98 Å². The van der Waals surface area contributed by atoms with Crippen LogP contribution in [0.3, 0.4) is 0 Å². The van der Waals surface area contributed by atoms with Crippen LogP contribution >= 0.6 is 11.3 Å². The van der Waals surface area contributed by atoms with Crippen molar-refractivity contribution < 1.29 is 0 Å². The molecule has 0 amide bonds. The summed E-state index contributed by atoms with van der Waals surface area (Å²) < 4.78 is 1.68. The molecule has 0 aliphatic heterocycles. The lowest BCUT2D eigenvalue weighted by molar-refractivity contribution is 0.921. The Labute approximate surface area is 101 Å². The summed E-state index contributed by atoms with van der Waals surface area (Å²) in [5.41, 5.74) is 7.01. The van der Waals surface area contributed by atoms with Crippen molar-refractivity contribution in [1.29, 1.82) is 0 Å². The van der Waals surface area contributed by atoms with E-state index in [9.17, 15) is 0 Å². The second-order valence-electron chi connectivity index (χ2n) is 3.48. The topological polar surface area (TPSA) is 82.0 Å². The molecule has 2 N–H and O–H groups in total. The van der Waals surface area contributed by atoms with E-state index in [1.807, 2.05) is 17.5 Å². The van der Waals surface area contributed by atoms with Gasteiger partial charge in [-0.2, -0.15) is 9.61 Å². The highest BCUT2D eigenvalue weighted by molar-refractivity contribution is 7.09. The Kier molecular flexibility index (Phi) is 2.54. The molecule has 7 heteroatoms. The van der Waals surface area contributed by atoms with Crippen LogP contribution in [-0.4, -0.2) is 31.3 Å². The average Bonchev–Trinajstić information content (AvgIpc) is 2.95. The van der Waals surface area contributed by atoms with E-state index in [4.69, 9.17) is 5.73 Å². The normalized spacial score (nSPS) is 11.1. The Morgan fingerprint density at radius 1 is 1.35 bits per heavy atom. The largest absolute Gasteiger partial charge is 0.330 e. The molecule has 0 saturated carbocycles. The maximum atomic E-state index is 5.50. The third-order valence-electron chi connectivity index (χ3n) is 2.32. The summed E-state index contributed by atoms with van der Waals surface area (Å²) in [4.78, 5) is 4.47. The van der Waals surface area contributed by atoms with Crippen molar-refractivity contribution in [2.75, 3.05) is 6.54 Å². The van der Waals surface area contributed by atoms with Gasteiger partial charge in [-0.3, -0.25) is 0 Å². The van der Waals surface area contributed by atoms with Crippen LogP contribution in [0.4, 0.5) is 0 Å². The van der Waals surface area contributed by atoms with Crippen LogP contribution in [0.5, 0.6) is 0 Å². The van der Waals surface area contributed by atoms with Gasteiger partial charge in [-0.1, -0.05) is 0 Å². The molecule has 6 nitrogen and oxygen atoms in total. The van der Waals surface area contributed by atoms with E-state index in [1.165, 1.54) is 0 Å². The summed E-state index contributed by atoms with van der Waals surface area (Å²) >= 11 is 1.58. The predicted molar refractivity (Wildman–Crippen MR) is 64.6 cm³/mol. The zero-order valence-corrected chi connectivity index (χ0v) is 9.76. The zero-order chi connectivity index (χ0) is 11.7. The molecule has 0 spiro atoms. The van der Waals surface area contributed by atoms with Crippen LogP contribution < -0.4 is 5.73 Å². The fraction of sp³-hybridized carbons (Fsp3) is 0.200.